The first-order chi connectivity index (χ1) is 13.0. The number of carbonyl (C=O) groups excluding carboxylic acids is 1. The van der Waals surface area contributed by atoms with Gasteiger partial charge in [-0.25, -0.2) is 4.39 Å². The molecule has 138 valence electrons. The van der Waals surface area contributed by atoms with Crippen molar-refractivity contribution in [2.75, 3.05) is 5.32 Å². The lowest BCUT2D eigenvalue weighted by atomic mass is 9.71. The Morgan fingerprint density at radius 3 is 2.74 bits per heavy atom. The molecule has 1 aliphatic carbocycles. The van der Waals surface area contributed by atoms with Crippen LogP contribution in [-0.4, -0.2) is 16.3 Å². The van der Waals surface area contributed by atoms with Gasteiger partial charge in [-0.1, -0.05) is 19.9 Å². The van der Waals surface area contributed by atoms with Crippen molar-refractivity contribution in [3.05, 3.63) is 65.9 Å². The normalized spacial score (nSPS) is 18.0. The predicted molar refractivity (Wildman–Crippen MR) is 105 cm³/mol. The molecule has 1 unspecified atom stereocenters. The number of pyridine rings is 1. The largest absolute Gasteiger partial charge is 0.356 e. The standard InChI is InChI=1S/C22H22FN3O/c1-22(2)11-15(13-27)19-18(12-22)26-20(14-6-8-24-9-7-14)21(19)25-17-5-3-4-16(23)10-17/h3-10,13,15,25-26H,11-12H2,1-2H3. The third-order valence-corrected chi connectivity index (χ3v) is 5.15. The summed E-state index contributed by atoms with van der Waals surface area (Å²) < 4.78 is 13.7. The van der Waals surface area contributed by atoms with Crippen molar-refractivity contribution in [3.63, 3.8) is 0 Å². The van der Waals surface area contributed by atoms with Crippen molar-refractivity contribution < 1.29 is 9.18 Å². The zero-order chi connectivity index (χ0) is 19.0. The van der Waals surface area contributed by atoms with Crippen LogP contribution in [-0.2, 0) is 11.2 Å². The van der Waals surface area contributed by atoms with Gasteiger partial charge in [-0.3, -0.25) is 4.98 Å². The molecule has 1 aliphatic rings. The number of rotatable bonds is 4. The molecule has 3 aromatic rings. The highest BCUT2D eigenvalue weighted by Gasteiger charge is 2.36. The van der Waals surface area contributed by atoms with E-state index in [2.05, 4.69) is 29.1 Å². The average Bonchev–Trinajstić information content (AvgIpc) is 2.98. The van der Waals surface area contributed by atoms with Gasteiger partial charge in [0.15, 0.2) is 0 Å². The fourth-order valence-electron chi connectivity index (χ4n) is 4.05. The number of carbonyl (C=O) groups is 1. The summed E-state index contributed by atoms with van der Waals surface area (Å²) in [7, 11) is 0. The number of aromatic amines is 1. The highest BCUT2D eigenvalue weighted by molar-refractivity contribution is 5.86. The van der Waals surface area contributed by atoms with Crippen molar-refractivity contribution >= 4 is 17.7 Å². The lowest BCUT2D eigenvalue weighted by molar-refractivity contribution is -0.109. The van der Waals surface area contributed by atoms with E-state index in [0.29, 0.717) is 5.69 Å². The van der Waals surface area contributed by atoms with Gasteiger partial charge in [0.1, 0.15) is 12.1 Å². The van der Waals surface area contributed by atoms with E-state index in [1.807, 2.05) is 18.2 Å². The number of hydrogen-bond acceptors (Lipinski definition) is 3. The Bertz CT molecular complexity index is 978. The zero-order valence-electron chi connectivity index (χ0n) is 15.4. The van der Waals surface area contributed by atoms with Gasteiger partial charge in [0.05, 0.1) is 11.4 Å². The van der Waals surface area contributed by atoms with E-state index in [1.54, 1.807) is 18.5 Å². The molecule has 1 atom stereocenters. The van der Waals surface area contributed by atoms with E-state index in [-0.39, 0.29) is 17.2 Å². The summed E-state index contributed by atoms with van der Waals surface area (Å²) in [5, 5.41) is 3.36. The summed E-state index contributed by atoms with van der Waals surface area (Å²) in [5.74, 6) is -0.505. The Morgan fingerprint density at radius 1 is 1.26 bits per heavy atom. The molecule has 0 aliphatic heterocycles. The number of hydrogen-bond donors (Lipinski definition) is 2. The molecule has 0 fully saturated rings. The minimum absolute atomic E-state index is 0.0368. The molecule has 0 radical (unpaired) electrons. The third-order valence-electron chi connectivity index (χ3n) is 5.15. The van der Waals surface area contributed by atoms with Gasteiger partial charge in [0.25, 0.3) is 0 Å². The summed E-state index contributed by atoms with van der Waals surface area (Å²) in [6.07, 6.45) is 6.15. The number of aromatic nitrogens is 2. The van der Waals surface area contributed by atoms with Crippen molar-refractivity contribution in [2.24, 2.45) is 5.41 Å². The average molecular weight is 363 g/mol. The summed E-state index contributed by atoms with van der Waals surface area (Å²) in [6.45, 7) is 4.36. The molecule has 0 bridgehead atoms. The maximum absolute atomic E-state index is 13.7. The van der Waals surface area contributed by atoms with Gasteiger partial charge in [-0.05, 0) is 48.6 Å². The molecule has 0 saturated heterocycles. The smallest absolute Gasteiger partial charge is 0.127 e. The van der Waals surface area contributed by atoms with Crippen LogP contribution in [0.1, 0.15) is 37.4 Å². The molecule has 2 N–H and O–H groups in total. The van der Waals surface area contributed by atoms with Gasteiger partial charge in [-0.15, -0.1) is 0 Å². The van der Waals surface area contributed by atoms with Crippen LogP contribution in [0.15, 0.2) is 48.8 Å². The molecular weight excluding hydrogens is 341 g/mol. The molecule has 2 aromatic heterocycles. The molecule has 2 heterocycles. The maximum atomic E-state index is 13.7. The number of anilines is 2. The number of halogens is 1. The van der Waals surface area contributed by atoms with Crippen LogP contribution >= 0.6 is 0 Å². The Hall–Kier alpha value is -2.95. The first-order valence-electron chi connectivity index (χ1n) is 9.10. The number of fused-ring (bicyclic) bond motifs is 1. The molecule has 0 amide bonds. The second-order valence-corrected chi connectivity index (χ2v) is 7.93. The number of aldehydes is 1. The second kappa shape index (κ2) is 6.65. The van der Waals surface area contributed by atoms with Crippen LogP contribution in [0, 0.1) is 11.2 Å². The van der Waals surface area contributed by atoms with E-state index in [9.17, 15) is 9.18 Å². The Balaban J connectivity index is 1.89. The number of nitrogens with one attached hydrogen (secondary N) is 2. The fourth-order valence-corrected chi connectivity index (χ4v) is 4.05. The minimum atomic E-state index is -0.303. The molecule has 0 spiro atoms. The number of H-pyrrole nitrogens is 1. The van der Waals surface area contributed by atoms with Gasteiger partial charge < -0.3 is 15.1 Å². The highest BCUT2D eigenvalue weighted by Crippen LogP contribution is 2.48. The van der Waals surface area contributed by atoms with E-state index in [4.69, 9.17) is 0 Å². The summed E-state index contributed by atoms with van der Waals surface area (Å²) in [5.41, 5.74) is 5.46. The molecule has 4 nitrogen and oxygen atoms in total. The van der Waals surface area contributed by atoms with Crippen LogP contribution in [0.4, 0.5) is 15.8 Å². The van der Waals surface area contributed by atoms with E-state index < -0.39 is 0 Å². The fraction of sp³-hybridized carbons (Fsp3) is 0.273. The van der Waals surface area contributed by atoms with Crippen molar-refractivity contribution in [1.29, 1.82) is 0 Å². The number of benzene rings is 1. The lowest BCUT2D eigenvalue weighted by Crippen LogP contribution is -2.26. The Kier molecular flexibility index (Phi) is 4.30. The number of nitrogens with zero attached hydrogens (tertiary/aromatic N) is 1. The SMILES string of the molecule is CC1(C)Cc2[nH]c(-c3ccncc3)c(Nc3cccc(F)c3)c2C(C=O)C1. The van der Waals surface area contributed by atoms with Gasteiger partial charge in [-0.2, -0.15) is 0 Å². The highest BCUT2D eigenvalue weighted by atomic mass is 19.1. The molecule has 1 aromatic carbocycles. The summed E-state index contributed by atoms with van der Waals surface area (Å²) in [6, 6.07) is 10.2. The summed E-state index contributed by atoms with van der Waals surface area (Å²) >= 11 is 0. The molecule has 0 saturated carbocycles. The van der Waals surface area contributed by atoms with Crippen LogP contribution in [0.2, 0.25) is 0 Å². The molecule has 5 heteroatoms. The third kappa shape index (κ3) is 3.37. The molecule has 4 rings (SSSR count). The zero-order valence-corrected chi connectivity index (χ0v) is 15.4. The Morgan fingerprint density at radius 2 is 2.04 bits per heavy atom. The quantitative estimate of drug-likeness (QED) is 0.625. The van der Waals surface area contributed by atoms with Crippen LogP contribution in [0.25, 0.3) is 11.3 Å². The minimum Gasteiger partial charge on any atom is -0.356 e. The lowest BCUT2D eigenvalue weighted by Gasteiger charge is -2.33. The molecular formula is C22H22FN3O. The maximum Gasteiger partial charge on any atom is 0.127 e. The summed E-state index contributed by atoms with van der Waals surface area (Å²) in [4.78, 5) is 19.5. The van der Waals surface area contributed by atoms with Gasteiger partial charge in [0, 0.05) is 40.8 Å². The first kappa shape index (κ1) is 17.5. The topological polar surface area (TPSA) is 57.8 Å². The van der Waals surface area contributed by atoms with E-state index in [0.717, 1.165) is 47.3 Å². The van der Waals surface area contributed by atoms with Crippen molar-refractivity contribution in [1.82, 2.24) is 9.97 Å². The van der Waals surface area contributed by atoms with Crippen LogP contribution in [0.5, 0.6) is 0 Å². The van der Waals surface area contributed by atoms with Gasteiger partial charge in [0.2, 0.25) is 0 Å². The van der Waals surface area contributed by atoms with Gasteiger partial charge >= 0.3 is 0 Å². The second-order valence-electron chi connectivity index (χ2n) is 7.93. The van der Waals surface area contributed by atoms with Crippen LogP contribution in [0.3, 0.4) is 0 Å². The van der Waals surface area contributed by atoms with Crippen molar-refractivity contribution in [2.45, 2.75) is 32.6 Å². The van der Waals surface area contributed by atoms with E-state index >= 15 is 0 Å². The Labute approximate surface area is 157 Å². The molecule has 27 heavy (non-hydrogen) atoms. The first-order valence-corrected chi connectivity index (χ1v) is 9.10. The van der Waals surface area contributed by atoms with Crippen LogP contribution < -0.4 is 5.32 Å². The predicted octanol–water partition coefficient (Wildman–Crippen LogP) is 5.21. The monoisotopic (exact) mass is 363 g/mol. The van der Waals surface area contributed by atoms with E-state index in [1.165, 1.54) is 12.1 Å². The van der Waals surface area contributed by atoms with Crippen molar-refractivity contribution in [3.8, 4) is 11.3 Å².